The number of benzene rings is 2. The maximum Gasteiger partial charge on any atom is 0.204 e. The van der Waals surface area contributed by atoms with Crippen molar-refractivity contribution in [1.29, 1.82) is 0 Å². The molecular weight excluding hydrogens is 358 g/mol. The lowest BCUT2D eigenvalue weighted by Crippen LogP contribution is -2.01. The third-order valence-electron chi connectivity index (χ3n) is 4.11. The Morgan fingerprint density at radius 1 is 1.00 bits per heavy atom. The molecule has 1 heterocycles. The van der Waals surface area contributed by atoms with Crippen LogP contribution in [-0.2, 0) is 4.79 Å². The fraction of sp³-hybridized carbons (Fsp3) is 0.190. The Hall–Kier alpha value is -3.61. The standard InChI is InChI=1S/C21H21N3O4/c1-13(25)5-6-14-7-9-15(10-8-14)24-21-18-16(22-12-23-21)11-17(26-2)19(27-3)20(18)28-4/h5-12H,1-4H3,(H,22,23,24)/b6-5+. The number of hydrogen-bond donors (Lipinski definition) is 1. The van der Waals surface area contributed by atoms with Gasteiger partial charge in [-0.1, -0.05) is 18.2 Å². The van der Waals surface area contributed by atoms with Crippen molar-refractivity contribution in [3.63, 3.8) is 0 Å². The van der Waals surface area contributed by atoms with Crippen LogP contribution >= 0.6 is 0 Å². The van der Waals surface area contributed by atoms with Gasteiger partial charge in [0.05, 0.1) is 32.2 Å². The van der Waals surface area contributed by atoms with Gasteiger partial charge in [0.15, 0.2) is 17.3 Å². The van der Waals surface area contributed by atoms with E-state index in [0.717, 1.165) is 11.3 Å². The number of aromatic nitrogens is 2. The van der Waals surface area contributed by atoms with Crippen molar-refractivity contribution in [1.82, 2.24) is 9.97 Å². The molecule has 144 valence electrons. The molecule has 7 nitrogen and oxygen atoms in total. The molecule has 0 atom stereocenters. The Morgan fingerprint density at radius 2 is 1.71 bits per heavy atom. The van der Waals surface area contributed by atoms with Crippen LogP contribution in [0.5, 0.6) is 17.2 Å². The Morgan fingerprint density at radius 3 is 2.32 bits per heavy atom. The monoisotopic (exact) mass is 379 g/mol. The van der Waals surface area contributed by atoms with Gasteiger partial charge in [-0.2, -0.15) is 0 Å². The molecule has 0 aliphatic carbocycles. The molecule has 28 heavy (non-hydrogen) atoms. The van der Waals surface area contributed by atoms with E-state index in [1.807, 2.05) is 24.3 Å². The number of ether oxygens (including phenoxy) is 3. The molecule has 7 heteroatoms. The lowest BCUT2D eigenvalue weighted by atomic mass is 10.1. The highest BCUT2D eigenvalue weighted by Crippen LogP contribution is 2.45. The van der Waals surface area contributed by atoms with E-state index in [1.54, 1.807) is 33.5 Å². The second kappa shape index (κ2) is 8.39. The Bertz CT molecular complexity index is 1030. The zero-order valence-electron chi connectivity index (χ0n) is 16.1. The molecule has 0 radical (unpaired) electrons. The minimum Gasteiger partial charge on any atom is -0.493 e. The molecule has 2 aromatic carbocycles. The van der Waals surface area contributed by atoms with Crippen molar-refractivity contribution < 1.29 is 19.0 Å². The van der Waals surface area contributed by atoms with Crippen LogP contribution in [-0.4, -0.2) is 37.1 Å². The summed E-state index contributed by atoms with van der Waals surface area (Å²) >= 11 is 0. The first-order valence-corrected chi connectivity index (χ1v) is 8.56. The summed E-state index contributed by atoms with van der Waals surface area (Å²) in [5.41, 5.74) is 2.42. The Kier molecular flexibility index (Phi) is 5.74. The fourth-order valence-corrected chi connectivity index (χ4v) is 2.81. The first kappa shape index (κ1) is 19.2. The number of carbonyl (C=O) groups is 1. The van der Waals surface area contributed by atoms with Gasteiger partial charge in [0.2, 0.25) is 5.75 Å². The molecule has 0 amide bonds. The molecule has 0 fully saturated rings. The number of rotatable bonds is 7. The van der Waals surface area contributed by atoms with Gasteiger partial charge in [-0.3, -0.25) is 4.79 Å². The van der Waals surface area contributed by atoms with Gasteiger partial charge in [-0.15, -0.1) is 0 Å². The van der Waals surface area contributed by atoms with Crippen LogP contribution in [0.25, 0.3) is 17.0 Å². The summed E-state index contributed by atoms with van der Waals surface area (Å²) in [5.74, 6) is 2.07. The summed E-state index contributed by atoms with van der Waals surface area (Å²) < 4.78 is 16.4. The first-order valence-electron chi connectivity index (χ1n) is 8.56. The lowest BCUT2D eigenvalue weighted by molar-refractivity contribution is -0.112. The van der Waals surface area contributed by atoms with Gasteiger partial charge in [0, 0.05) is 11.8 Å². The van der Waals surface area contributed by atoms with Crippen LogP contribution in [0.1, 0.15) is 12.5 Å². The number of methoxy groups -OCH3 is 3. The molecule has 0 bridgehead atoms. The van der Waals surface area contributed by atoms with Crippen LogP contribution in [0.15, 0.2) is 42.7 Å². The van der Waals surface area contributed by atoms with E-state index in [1.165, 1.54) is 19.3 Å². The number of fused-ring (bicyclic) bond motifs is 1. The maximum atomic E-state index is 11.1. The lowest BCUT2D eigenvalue weighted by Gasteiger charge is -2.16. The van der Waals surface area contributed by atoms with E-state index >= 15 is 0 Å². The maximum absolute atomic E-state index is 11.1. The number of nitrogens with zero attached hydrogens (tertiary/aromatic N) is 2. The molecule has 3 rings (SSSR count). The van der Waals surface area contributed by atoms with E-state index < -0.39 is 0 Å². The van der Waals surface area contributed by atoms with E-state index in [2.05, 4.69) is 15.3 Å². The van der Waals surface area contributed by atoms with Crippen LogP contribution in [0, 0.1) is 0 Å². The summed E-state index contributed by atoms with van der Waals surface area (Å²) in [4.78, 5) is 19.8. The molecule has 0 saturated carbocycles. The minimum absolute atomic E-state index is 0.00567. The largest absolute Gasteiger partial charge is 0.493 e. The predicted octanol–water partition coefficient (Wildman–Crippen LogP) is 4.00. The SMILES string of the molecule is COc1cc2ncnc(Nc3ccc(/C=C/C(C)=O)cc3)c2c(OC)c1OC. The predicted molar refractivity (Wildman–Crippen MR) is 109 cm³/mol. The highest BCUT2D eigenvalue weighted by molar-refractivity contribution is 5.99. The minimum atomic E-state index is 0.00567. The number of nitrogens with one attached hydrogen (secondary N) is 1. The molecule has 0 unspecified atom stereocenters. The summed E-state index contributed by atoms with van der Waals surface area (Å²) in [6, 6.07) is 9.40. The van der Waals surface area contributed by atoms with Gasteiger partial charge in [-0.05, 0) is 30.7 Å². The quantitative estimate of drug-likeness (QED) is 0.621. The van der Waals surface area contributed by atoms with Gasteiger partial charge < -0.3 is 19.5 Å². The zero-order valence-corrected chi connectivity index (χ0v) is 16.1. The Labute approximate surface area is 163 Å². The smallest absolute Gasteiger partial charge is 0.204 e. The highest BCUT2D eigenvalue weighted by atomic mass is 16.5. The number of ketones is 1. The number of allylic oxidation sites excluding steroid dienone is 1. The van der Waals surface area contributed by atoms with Gasteiger partial charge in [0.25, 0.3) is 0 Å². The molecule has 1 N–H and O–H groups in total. The van der Waals surface area contributed by atoms with E-state index in [4.69, 9.17) is 14.2 Å². The van der Waals surface area contributed by atoms with Crippen molar-refractivity contribution in [2.75, 3.05) is 26.6 Å². The van der Waals surface area contributed by atoms with Gasteiger partial charge in [0.1, 0.15) is 12.1 Å². The topological polar surface area (TPSA) is 82.6 Å². The molecule has 3 aromatic rings. The van der Waals surface area contributed by atoms with Gasteiger partial charge in [-0.25, -0.2) is 9.97 Å². The van der Waals surface area contributed by atoms with Crippen molar-refractivity contribution in [3.8, 4) is 17.2 Å². The molecule has 0 aliphatic rings. The van der Waals surface area contributed by atoms with Crippen LogP contribution < -0.4 is 19.5 Å². The first-order chi connectivity index (χ1) is 13.6. The van der Waals surface area contributed by atoms with Crippen LogP contribution in [0.4, 0.5) is 11.5 Å². The molecular formula is C21H21N3O4. The van der Waals surface area contributed by atoms with E-state index in [-0.39, 0.29) is 5.78 Å². The molecule has 0 spiro atoms. The summed E-state index contributed by atoms with van der Waals surface area (Å²) in [7, 11) is 4.67. The van der Waals surface area contributed by atoms with Crippen molar-refractivity contribution in [3.05, 3.63) is 48.3 Å². The van der Waals surface area contributed by atoms with E-state index in [9.17, 15) is 4.79 Å². The second-order valence-corrected chi connectivity index (χ2v) is 5.95. The normalized spacial score (nSPS) is 10.9. The summed E-state index contributed by atoms with van der Waals surface area (Å²) in [5, 5.41) is 3.97. The highest BCUT2D eigenvalue weighted by Gasteiger charge is 2.20. The zero-order chi connectivity index (χ0) is 20.1. The number of carbonyl (C=O) groups excluding carboxylic acids is 1. The molecule has 0 aliphatic heterocycles. The van der Waals surface area contributed by atoms with Crippen LogP contribution in [0.2, 0.25) is 0 Å². The number of anilines is 2. The average Bonchev–Trinajstić information content (AvgIpc) is 2.71. The van der Waals surface area contributed by atoms with Gasteiger partial charge >= 0.3 is 0 Å². The van der Waals surface area contributed by atoms with Crippen molar-refractivity contribution in [2.45, 2.75) is 6.92 Å². The number of hydrogen-bond acceptors (Lipinski definition) is 7. The van der Waals surface area contributed by atoms with Crippen molar-refractivity contribution in [2.24, 2.45) is 0 Å². The molecule has 0 saturated heterocycles. The third kappa shape index (κ3) is 3.88. The summed E-state index contributed by atoms with van der Waals surface area (Å²) in [6.07, 6.45) is 4.78. The average molecular weight is 379 g/mol. The fourth-order valence-electron chi connectivity index (χ4n) is 2.81. The second-order valence-electron chi connectivity index (χ2n) is 5.95. The third-order valence-corrected chi connectivity index (χ3v) is 4.11. The molecule has 1 aromatic heterocycles. The van der Waals surface area contributed by atoms with Crippen LogP contribution in [0.3, 0.4) is 0 Å². The summed E-state index contributed by atoms with van der Waals surface area (Å²) in [6.45, 7) is 1.52. The van der Waals surface area contributed by atoms with Crippen molar-refractivity contribution >= 4 is 34.3 Å². The Balaban J connectivity index is 2.03. The van der Waals surface area contributed by atoms with E-state index in [0.29, 0.717) is 34.0 Å².